The highest BCUT2D eigenvalue weighted by atomic mass is 16.5. The second kappa shape index (κ2) is 10.8. The summed E-state index contributed by atoms with van der Waals surface area (Å²) < 4.78 is 9.90. The minimum absolute atomic E-state index is 0.121. The van der Waals surface area contributed by atoms with Crippen LogP contribution in [0.1, 0.15) is 56.9 Å². The van der Waals surface area contributed by atoms with Crippen molar-refractivity contribution in [1.82, 2.24) is 4.90 Å². The fraction of sp³-hybridized carbons (Fsp3) is 0.619. The van der Waals surface area contributed by atoms with E-state index < -0.39 is 0 Å². The fourth-order valence-electron chi connectivity index (χ4n) is 3.53. The maximum Gasteiger partial charge on any atom is 0.307 e. The molecule has 0 spiro atoms. The quantitative estimate of drug-likeness (QED) is 0.625. The van der Waals surface area contributed by atoms with Crippen molar-refractivity contribution in [2.75, 3.05) is 20.8 Å². The summed E-state index contributed by atoms with van der Waals surface area (Å²) in [6, 6.07) is 7.69. The Morgan fingerprint density at radius 2 is 1.73 bits per heavy atom. The lowest BCUT2D eigenvalue weighted by molar-refractivity contribution is -0.142. The molecule has 0 saturated heterocycles. The third kappa shape index (κ3) is 6.70. The van der Waals surface area contributed by atoms with Crippen molar-refractivity contribution in [1.29, 1.82) is 0 Å². The van der Waals surface area contributed by atoms with E-state index in [1.54, 1.807) is 12.0 Å². The molecule has 1 aromatic rings. The summed E-state index contributed by atoms with van der Waals surface area (Å²) in [5, 5.41) is 0. The third-order valence-corrected chi connectivity index (χ3v) is 5.19. The monoisotopic (exact) mass is 361 g/mol. The molecule has 1 saturated carbocycles. The van der Waals surface area contributed by atoms with Gasteiger partial charge in [-0.15, -0.1) is 0 Å². The van der Waals surface area contributed by atoms with Crippen LogP contribution in [0.4, 0.5) is 0 Å². The molecular formula is C21H31NO4. The van der Waals surface area contributed by atoms with Gasteiger partial charge in [-0.05, 0) is 30.0 Å². The van der Waals surface area contributed by atoms with Gasteiger partial charge in [0.15, 0.2) is 0 Å². The van der Waals surface area contributed by atoms with Crippen molar-refractivity contribution in [2.24, 2.45) is 5.92 Å². The van der Waals surface area contributed by atoms with Crippen molar-refractivity contribution >= 4 is 11.9 Å². The van der Waals surface area contributed by atoms with Gasteiger partial charge >= 0.3 is 5.97 Å². The molecule has 0 atom stereocenters. The summed E-state index contributed by atoms with van der Waals surface area (Å²) >= 11 is 0. The smallest absolute Gasteiger partial charge is 0.307 e. The molecule has 1 fully saturated rings. The highest BCUT2D eigenvalue weighted by Crippen LogP contribution is 2.27. The minimum Gasteiger partial charge on any atom is -0.497 e. The first-order chi connectivity index (χ1) is 12.6. The zero-order valence-corrected chi connectivity index (χ0v) is 16.0. The lowest BCUT2D eigenvalue weighted by Crippen LogP contribution is -2.33. The van der Waals surface area contributed by atoms with Crippen molar-refractivity contribution in [3.63, 3.8) is 0 Å². The first-order valence-corrected chi connectivity index (χ1v) is 9.60. The molecular weight excluding hydrogens is 330 g/mol. The average Bonchev–Trinajstić information content (AvgIpc) is 2.70. The number of hydrogen-bond acceptors (Lipinski definition) is 4. The molecule has 1 aliphatic carbocycles. The number of benzene rings is 1. The summed E-state index contributed by atoms with van der Waals surface area (Å²) in [5.41, 5.74) is 1.03. The van der Waals surface area contributed by atoms with E-state index in [1.165, 1.54) is 39.2 Å². The maximum atomic E-state index is 12.8. The molecule has 0 radical (unpaired) electrons. The number of carbonyl (C=O) groups excluding carboxylic acids is 2. The van der Waals surface area contributed by atoms with Crippen LogP contribution >= 0.6 is 0 Å². The lowest BCUT2D eigenvalue weighted by Gasteiger charge is -2.25. The van der Waals surface area contributed by atoms with Crippen molar-refractivity contribution in [3.8, 4) is 5.75 Å². The predicted molar refractivity (Wildman–Crippen MR) is 101 cm³/mol. The Morgan fingerprint density at radius 1 is 1.04 bits per heavy atom. The molecule has 0 aromatic heterocycles. The van der Waals surface area contributed by atoms with Crippen LogP contribution in [0, 0.1) is 5.92 Å². The largest absolute Gasteiger partial charge is 0.497 e. The molecule has 0 bridgehead atoms. The summed E-state index contributed by atoms with van der Waals surface area (Å²) in [6.45, 7) is 0.896. The Balaban J connectivity index is 1.93. The van der Waals surface area contributed by atoms with E-state index >= 15 is 0 Å². The second-order valence-corrected chi connectivity index (χ2v) is 7.03. The van der Waals surface area contributed by atoms with Crippen LogP contribution in [0.25, 0.3) is 0 Å². The highest BCUT2D eigenvalue weighted by molar-refractivity contribution is 5.77. The summed E-state index contributed by atoms with van der Waals surface area (Å²) in [5.74, 6) is 1.30. The van der Waals surface area contributed by atoms with Gasteiger partial charge in [0.1, 0.15) is 5.75 Å². The van der Waals surface area contributed by atoms with E-state index in [-0.39, 0.29) is 18.3 Å². The van der Waals surface area contributed by atoms with Gasteiger partial charge in [0.05, 0.1) is 20.6 Å². The van der Waals surface area contributed by atoms with Crippen molar-refractivity contribution in [3.05, 3.63) is 29.8 Å². The molecule has 5 nitrogen and oxygen atoms in total. The van der Waals surface area contributed by atoms with Crippen LogP contribution in [0.5, 0.6) is 5.75 Å². The third-order valence-electron chi connectivity index (χ3n) is 5.19. The SMILES string of the molecule is COC(=O)CCN(Cc1ccc(OC)cc1)C(=O)CCC1CCCCC1. The number of rotatable bonds is 9. The normalized spacial score (nSPS) is 14.7. The molecule has 0 heterocycles. The van der Waals surface area contributed by atoms with Gasteiger partial charge in [0, 0.05) is 19.5 Å². The fourth-order valence-corrected chi connectivity index (χ4v) is 3.53. The molecule has 144 valence electrons. The van der Waals surface area contributed by atoms with Crippen LogP contribution in [0.3, 0.4) is 0 Å². The van der Waals surface area contributed by atoms with Crippen LogP contribution in [0.15, 0.2) is 24.3 Å². The van der Waals surface area contributed by atoms with Crippen LogP contribution in [-0.2, 0) is 20.9 Å². The molecule has 26 heavy (non-hydrogen) atoms. The molecule has 0 N–H and O–H groups in total. The lowest BCUT2D eigenvalue weighted by atomic mass is 9.86. The molecule has 0 unspecified atom stereocenters. The first kappa shape index (κ1) is 20.3. The zero-order chi connectivity index (χ0) is 18.8. The number of ether oxygens (including phenoxy) is 2. The predicted octanol–water partition coefficient (Wildman–Crippen LogP) is 3.95. The standard InChI is InChI=1S/C21H31NO4/c1-25-19-11-8-18(9-12-19)16-22(15-14-21(24)26-2)20(23)13-10-17-6-4-3-5-7-17/h8-9,11-12,17H,3-7,10,13-16H2,1-2H3. The number of nitrogens with zero attached hydrogens (tertiary/aromatic N) is 1. The highest BCUT2D eigenvalue weighted by Gasteiger charge is 2.19. The molecule has 0 aliphatic heterocycles. The van der Waals surface area contributed by atoms with E-state index in [9.17, 15) is 9.59 Å². The van der Waals surface area contributed by atoms with Crippen LogP contribution in [0.2, 0.25) is 0 Å². The summed E-state index contributed by atoms with van der Waals surface area (Å²) in [7, 11) is 3.01. The Labute approximate surface area is 156 Å². The van der Waals surface area contributed by atoms with Gasteiger partial charge in [-0.25, -0.2) is 0 Å². The molecule has 1 amide bonds. The number of amides is 1. The van der Waals surface area contributed by atoms with E-state index in [4.69, 9.17) is 9.47 Å². The first-order valence-electron chi connectivity index (χ1n) is 9.60. The van der Waals surface area contributed by atoms with E-state index in [0.717, 1.165) is 17.7 Å². The van der Waals surface area contributed by atoms with E-state index in [2.05, 4.69) is 0 Å². The summed E-state index contributed by atoms with van der Waals surface area (Å²) in [4.78, 5) is 26.0. The molecule has 1 aromatic carbocycles. The Hall–Kier alpha value is -2.04. The van der Waals surface area contributed by atoms with Gasteiger partial charge in [0.2, 0.25) is 5.91 Å². The van der Waals surface area contributed by atoms with Gasteiger partial charge in [-0.1, -0.05) is 44.2 Å². The molecule has 1 aliphatic rings. The average molecular weight is 361 g/mol. The number of carbonyl (C=O) groups is 2. The van der Waals surface area contributed by atoms with Crippen molar-refractivity contribution < 1.29 is 19.1 Å². The summed E-state index contributed by atoms with van der Waals surface area (Å²) in [6.07, 6.45) is 8.13. The number of methoxy groups -OCH3 is 2. The Kier molecular flexibility index (Phi) is 8.45. The van der Waals surface area contributed by atoms with Gasteiger partial charge in [-0.2, -0.15) is 0 Å². The second-order valence-electron chi connectivity index (χ2n) is 7.03. The van der Waals surface area contributed by atoms with Crippen molar-refractivity contribution in [2.45, 2.75) is 57.9 Å². The molecule has 5 heteroatoms. The number of esters is 1. The van der Waals surface area contributed by atoms with Crippen LogP contribution < -0.4 is 4.74 Å². The van der Waals surface area contributed by atoms with Gasteiger partial charge < -0.3 is 14.4 Å². The molecule has 2 rings (SSSR count). The van der Waals surface area contributed by atoms with Gasteiger partial charge in [0.25, 0.3) is 0 Å². The Bertz CT molecular complexity index is 564. The van der Waals surface area contributed by atoms with Gasteiger partial charge in [-0.3, -0.25) is 9.59 Å². The van der Waals surface area contributed by atoms with E-state index in [0.29, 0.717) is 25.4 Å². The van der Waals surface area contributed by atoms with E-state index in [1.807, 2.05) is 24.3 Å². The van der Waals surface area contributed by atoms with Crippen LogP contribution in [-0.4, -0.2) is 37.5 Å². The minimum atomic E-state index is -0.287. The topological polar surface area (TPSA) is 55.8 Å². The number of hydrogen-bond donors (Lipinski definition) is 0. The zero-order valence-electron chi connectivity index (χ0n) is 16.0. The Morgan fingerprint density at radius 3 is 2.35 bits per heavy atom. The maximum absolute atomic E-state index is 12.8.